The van der Waals surface area contributed by atoms with Gasteiger partial charge < -0.3 is 5.11 Å². The zero-order valence-electron chi connectivity index (χ0n) is 9.68. The van der Waals surface area contributed by atoms with Crippen molar-refractivity contribution in [2.75, 3.05) is 0 Å². The van der Waals surface area contributed by atoms with Crippen molar-refractivity contribution >= 4 is 27.1 Å². The van der Waals surface area contributed by atoms with Crippen molar-refractivity contribution in [2.24, 2.45) is 0 Å². The summed E-state index contributed by atoms with van der Waals surface area (Å²) in [6.07, 6.45) is -1.79. The average Bonchev–Trinajstić information content (AvgIpc) is 2.92. The van der Waals surface area contributed by atoms with E-state index in [1.54, 1.807) is 29.6 Å². The normalized spacial score (nSPS) is 13.1. The van der Waals surface area contributed by atoms with Gasteiger partial charge in [-0.2, -0.15) is 4.72 Å². The number of benzene rings is 1. The molecular formula is C12H11NO4S2. The molecule has 2 N–H and O–H groups in total. The zero-order valence-corrected chi connectivity index (χ0v) is 11.3. The highest BCUT2D eigenvalue weighted by molar-refractivity contribution is 7.89. The second-order valence-electron chi connectivity index (χ2n) is 3.68. The number of hydrogen-bond donors (Lipinski definition) is 2. The molecule has 1 atom stereocenters. The maximum atomic E-state index is 11.9. The van der Waals surface area contributed by atoms with E-state index in [4.69, 9.17) is 0 Å². The predicted molar refractivity (Wildman–Crippen MR) is 71.4 cm³/mol. The van der Waals surface area contributed by atoms with Crippen LogP contribution in [-0.2, 0) is 10.0 Å². The van der Waals surface area contributed by atoms with Gasteiger partial charge in [0.2, 0.25) is 15.8 Å². The van der Waals surface area contributed by atoms with Gasteiger partial charge in [0.05, 0.1) is 9.77 Å². The third kappa shape index (κ3) is 3.27. The molecule has 2 rings (SSSR count). The second-order valence-corrected chi connectivity index (χ2v) is 6.34. The molecule has 0 bridgehead atoms. The Labute approximate surface area is 114 Å². The number of Topliss-reactive ketones (excluding diaryl/α,β-unsaturated/α-hetero) is 1. The number of rotatable bonds is 5. The fourth-order valence-electron chi connectivity index (χ4n) is 1.42. The lowest BCUT2D eigenvalue weighted by Crippen LogP contribution is -2.40. The summed E-state index contributed by atoms with van der Waals surface area (Å²) in [6, 6.07) is 10.7. The lowest BCUT2D eigenvalue weighted by atomic mass is 10.3. The number of carbonyl (C=O) groups excluding carboxylic acids is 1. The molecule has 2 aromatic rings. The molecule has 1 aromatic carbocycles. The van der Waals surface area contributed by atoms with E-state index in [0.717, 1.165) is 11.3 Å². The molecule has 100 valence electrons. The number of nitrogens with one attached hydrogen (secondary N) is 1. The third-order valence-electron chi connectivity index (χ3n) is 2.33. The molecular weight excluding hydrogens is 286 g/mol. The van der Waals surface area contributed by atoms with Crippen molar-refractivity contribution < 1.29 is 18.3 Å². The summed E-state index contributed by atoms with van der Waals surface area (Å²) in [7, 11) is -3.91. The molecule has 0 saturated heterocycles. The van der Waals surface area contributed by atoms with Gasteiger partial charge in [-0.1, -0.05) is 24.3 Å². The van der Waals surface area contributed by atoms with Crippen LogP contribution in [0.25, 0.3) is 0 Å². The van der Waals surface area contributed by atoms with Gasteiger partial charge in [-0.3, -0.25) is 4.79 Å². The smallest absolute Gasteiger partial charge is 0.243 e. The Hall–Kier alpha value is -1.54. The summed E-state index contributed by atoms with van der Waals surface area (Å²) in [6.45, 7) is 0. The number of hydrogen-bond acceptors (Lipinski definition) is 5. The molecule has 1 heterocycles. The van der Waals surface area contributed by atoms with Crippen molar-refractivity contribution in [3.05, 3.63) is 52.7 Å². The maximum absolute atomic E-state index is 11.9. The van der Waals surface area contributed by atoms with Crippen molar-refractivity contribution in [3.8, 4) is 0 Å². The highest BCUT2D eigenvalue weighted by atomic mass is 32.2. The molecule has 0 aliphatic carbocycles. The Morgan fingerprint density at radius 3 is 2.42 bits per heavy atom. The molecule has 7 heteroatoms. The Balaban J connectivity index is 2.15. The van der Waals surface area contributed by atoms with Crippen molar-refractivity contribution in [2.45, 2.75) is 11.1 Å². The SMILES string of the molecule is O=C(c1cccs1)[C@@H](O)NS(=O)(=O)c1ccccc1. The van der Waals surface area contributed by atoms with Crippen LogP contribution in [-0.4, -0.2) is 25.5 Å². The van der Waals surface area contributed by atoms with E-state index in [2.05, 4.69) is 0 Å². The minimum Gasteiger partial charge on any atom is -0.370 e. The Morgan fingerprint density at radius 2 is 1.84 bits per heavy atom. The number of thiophene rings is 1. The highest BCUT2D eigenvalue weighted by Gasteiger charge is 2.24. The van der Waals surface area contributed by atoms with Crippen LogP contribution in [0.1, 0.15) is 9.67 Å². The van der Waals surface area contributed by atoms with Crippen molar-refractivity contribution in [1.82, 2.24) is 4.72 Å². The summed E-state index contributed by atoms with van der Waals surface area (Å²) in [4.78, 5) is 12.0. The van der Waals surface area contributed by atoms with Crippen LogP contribution in [0.5, 0.6) is 0 Å². The number of sulfonamides is 1. The molecule has 0 saturated carbocycles. The van der Waals surface area contributed by atoms with Gasteiger partial charge in [0.1, 0.15) is 0 Å². The Kier molecular flexibility index (Phi) is 4.11. The van der Waals surface area contributed by atoms with Crippen molar-refractivity contribution in [3.63, 3.8) is 0 Å². The second kappa shape index (κ2) is 5.62. The van der Waals surface area contributed by atoms with Crippen LogP contribution < -0.4 is 4.72 Å². The molecule has 0 fully saturated rings. The minimum atomic E-state index is -3.91. The van der Waals surface area contributed by atoms with Crippen LogP contribution in [0.2, 0.25) is 0 Å². The molecule has 0 radical (unpaired) electrons. The summed E-state index contributed by atoms with van der Waals surface area (Å²) in [5.41, 5.74) is 0. The van der Waals surface area contributed by atoms with E-state index < -0.39 is 22.0 Å². The molecule has 19 heavy (non-hydrogen) atoms. The van der Waals surface area contributed by atoms with Gasteiger partial charge in [0.15, 0.2) is 6.23 Å². The molecule has 0 aliphatic rings. The maximum Gasteiger partial charge on any atom is 0.243 e. The van der Waals surface area contributed by atoms with Gasteiger partial charge in [-0.15, -0.1) is 11.3 Å². The number of ketones is 1. The van der Waals surface area contributed by atoms with Crippen molar-refractivity contribution in [1.29, 1.82) is 0 Å². The van der Waals surface area contributed by atoms with Crippen LogP contribution in [0.3, 0.4) is 0 Å². The topological polar surface area (TPSA) is 83.5 Å². The van der Waals surface area contributed by atoms with Gasteiger partial charge >= 0.3 is 0 Å². The van der Waals surface area contributed by atoms with E-state index in [9.17, 15) is 18.3 Å². The summed E-state index contributed by atoms with van der Waals surface area (Å²) in [5.74, 6) is -0.672. The van der Waals surface area contributed by atoms with Crippen LogP contribution in [0, 0.1) is 0 Å². The molecule has 5 nitrogen and oxygen atoms in total. The third-order valence-corrected chi connectivity index (χ3v) is 4.64. The Morgan fingerprint density at radius 1 is 1.16 bits per heavy atom. The predicted octanol–water partition coefficient (Wildman–Crippen LogP) is 1.23. The first-order valence-corrected chi connectivity index (χ1v) is 7.70. The first-order valence-electron chi connectivity index (χ1n) is 5.34. The standard InChI is InChI=1S/C12H11NO4S2/c14-11(10-7-4-8-18-10)12(15)13-19(16,17)9-5-2-1-3-6-9/h1-8,12-13,15H/t12-/m1/s1. The monoisotopic (exact) mass is 297 g/mol. The molecule has 0 unspecified atom stereocenters. The van der Waals surface area contributed by atoms with Crippen LogP contribution in [0.15, 0.2) is 52.7 Å². The zero-order chi connectivity index (χ0) is 13.9. The summed E-state index contributed by atoms with van der Waals surface area (Å²) in [5, 5.41) is 11.3. The number of carbonyl (C=O) groups is 1. The fraction of sp³-hybridized carbons (Fsp3) is 0.0833. The first-order chi connectivity index (χ1) is 9.00. The van der Waals surface area contributed by atoms with E-state index >= 15 is 0 Å². The Bertz CT molecular complexity index is 650. The highest BCUT2D eigenvalue weighted by Crippen LogP contribution is 2.13. The van der Waals surface area contributed by atoms with E-state index in [1.807, 2.05) is 4.72 Å². The summed E-state index contributed by atoms with van der Waals surface area (Å²) >= 11 is 1.14. The van der Waals surface area contributed by atoms with Gasteiger partial charge in [-0.25, -0.2) is 8.42 Å². The van der Waals surface area contributed by atoms with E-state index in [-0.39, 0.29) is 4.90 Å². The van der Waals surface area contributed by atoms with E-state index in [1.165, 1.54) is 18.2 Å². The molecule has 1 aromatic heterocycles. The largest absolute Gasteiger partial charge is 0.370 e. The fourth-order valence-corrected chi connectivity index (χ4v) is 3.16. The minimum absolute atomic E-state index is 0.00645. The molecule has 0 aliphatic heterocycles. The molecule has 0 spiro atoms. The quantitative estimate of drug-likeness (QED) is 0.642. The lowest BCUT2D eigenvalue weighted by molar-refractivity contribution is 0.0730. The van der Waals surface area contributed by atoms with Gasteiger partial charge in [0.25, 0.3) is 0 Å². The average molecular weight is 297 g/mol. The number of aliphatic hydroxyl groups is 1. The van der Waals surface area contributed by atoms with Gasteiger partial charge in [-0.05, 0) is 23.6 Å². The first kappa shape index (κ1) is 13.9. The van der Waals surface area contributed by atoms with E-state index in [0.29, 0.717) is 4.88 Å². The van der Waals surface area contributed by atoms with Crippen LogP contribution in [0.4, 0.5) is 0 Å². The molecule has 0 amide bonds. The number of aliphatic hydroxyl groups excluding tert-OH is 1. The van der Waals surface area contributed by atoms with Gasteiger partial charge in [0, 0.05) is 0 Å². The van der Waals surface area contributed by atoms with Crippen LogP contribution >= 0.6 is 11.3 Å². The summed E-state index contributed by atoms with van der Waals surface area (Å²) < 4.78 is 25.7. The lowest BCUT2D eigenvalue weighted by Gasteiger charge is -2.11.